The van der Waals surface area contributed by atoms with Gasteiger partial charge in [-0.15, -0.1) is 11.3 Å². The Morgan fingerprint density at radius 2 is 1.87 bits per heavy atom. The van der Waals surface area contributed by atoms with Crippen molar-refractivity contribution in [2.45, 2.75) is 25.7 Å². The number of carbonyl (C=O) groups is 2. The molecule has 0 spiro atoms. The van der Waals surface area contributed by atoms with Crippen LogP contribution in [0.4, 0.5) is 5.00 Å². The van der Waals surface area contributed by atoms with Crippen molar-refractivity contribution in [3.8, 4) is 11.1 Å². The van der Waals surface area contributed by atoms with E-state index in [1.165, 1.54) is 48.5 Å². The molecule has 0 unspecified atom stereocenters. The van der Waals surface area contributed by atoms with Crippen molar-refractivity contribution < 1.29 is 14.3 Å². The van der Waals surface area contributed by atoms with E-state index in [0.29, 0.717) is 15.6 Å². The summed E-state index contributed by atoms with van der Waals surface area (Å²) in [6.07, 6.45) is 7.60. The van der Waals surface area contributed by atoms with Gasteiger partial charge < -0.3 is 10.1 Å². The Morgan fingerprint density at radius 1 is 1.10 bits per heavy atom. The van der Waals surface area contributed by atoms with Crippen molar-refractivity contribution in [3.63, 3.8) is 0 Å². The number of nitrogens with one attached hydrogen (secondary N) is 1. The summed E-state index contributed by atoms with van der Waals surface area (Å²) in [6.45, 7) is 0. The Balaban J connectivity index is 1.62. The first-order valence-corrected chi connectivity index (χ1v) is 11.4. The fourth-order valence-electron chi connectivity index (χ4n) is 3.80. The van der Waals surface area contributed by atoms with Crippen LogP contribution in [0.15, 0.2) is 53.9 Å². The average Bonchev–Trinajstić information content (AvgIpc) is 3.21. The summed E-state index contributed by atoms with van der Waals surface area (Å²) in [4.78, 5) is 25.1. The number of benzene rings is 2. The van der Waals surface area contributed by atoms with Crippen molar-refractivity contribution in [2.24, 2.45) is 0 Å². The normalized spacial score (nSPS) is 13.1. The van der Waals surface area contributed by atoms with E-state index in [0.717, 1.165) is 29.5 Å². The molecular formula is C25H22ClNO3S. The minimum absolute atomic E-state index is 0.344. The van der Waals surface area contributed by atoms with Gasteiger partial charge in [0.25, 0.3) is 0 Å². The van der Waals surface area contributed by atoms with Crippen LogP contribution in [0.5, 0.6) is 0 Å². The number of amides is 1. The van der Waals surface area contributed by atoms with Gasteiger partial charge in [0.1, 0.15) is 10.6 Å². The predicted octanol–water partition coefficient (Wildman–Crippen LogP) is 6.39. The molecule has 0 radical (unpaired) electrons. The van der Waals surface area contributed by atoms with Crippen LogP contribution < -0.4 is 5.32 Å². The summed E-state index contributed by atoms with van der Waals surface area (Å²) in [5, 5.41) is 5.74. The third-order valence-electron chi connectivity index (χ3n) is 5.40. The number of aryl methyl sites for hydroxylation is 2. The largest absolute Gasteiger partial charge is 0.465 e. The van der Waals surface area contributed by atoms with Crippen LogP contribution >= 0.6 is 22.9 Å². The van der Waals surface area contributed by atoms with Crippen LogP contribution in [-0.4, -0.2) is 19.0 Å². The van der Waals surface area contributed by atoms with E-state index in [1.807, 2.05) is 29.6 Å². The molecule has 1 aliphatic carbocycles. The number of fused-ring (bicyclic) bond motifs is 1. The van der Waals surface area contributed by atoms with Crippen molar-refractivity contribution in [1.82, 2.24) is 0 Å². The van der Waals surface area contributed by atoms with Gasteiger partial charge >= 0.3 is 5.97 Å². The minimum atomic E-state index is -0.473. The van der Waals surface area contributed by atoms with Gasteiger partial charge in [0, 0.05) is 22.0 Å². The van der Waals surface area contributed by atoms with Gasteiger partial charge in [-0.1, -0.05) is 48.0 Å². The SMILES string of the molecule is COC(=O)c1c(-c2ccc3c(c2)CCCC3)csc1NC(=O)/C=C/c1ccccc1Cl. The second kappa shape index (κ2) is 9.50. The molecule has 4 nitrogen and oxygen atoms in total. The molecule has 0 atom stereocenters. The summed E-state index contributed by atoms with van der Waals surface area (Å²) >= 11 is 7.45. The highest BCUT2D eigenvalue weighted by molar-refractivity contribution is 7.15. The second-order valence-corrected chi connectivity index (χ2v) is 8.67. The van der Waals surface area contributed by atoms with Gasteiger partial charge in [-0.2, -0.15) is 0 Å². The van der Waals surface area contributed by atoms with Crippen LogP contribution in [0.3, 0.4) is 0 Å². The summed E-state index contributed by atoms with van der Waals surface area (Å²) in [5.74, 6) is -0.816. The van der Waals surface area contributed by atoms with Crippen LogP contribution in [0, 0.1) is 0 Å². The summed E-state index contributed by atoms with van der Waals surface area (Å²) < 4.78 is 5.02. The van der Waals surface area contributed by atoms with E-state index in [-0.39, 0.29) is 5.91 Å². The monoisotopic (exact) mass is 451 g/mol. The number of carbonyl (C=O) groups excluding carboxylic acids is 2. The quantitative estimate of drug-likeness (QED) is 0.361. The first-order valence-electron chi connectivity index (χ1n) is 10.1. The smallest absolute Gasteiger partial charge is 0.341 e. The third kappa shape index (κ3) is 4.73. The molecule has 0 aliphatic heterocycles. The van der Waals surface area contributed by atoms with E-state index < -0.39 is 5.97 Å². The van der Waals surface area contributed by atoms with E-state index in [9.17, 15) is 9.59 Å². The Bertz CT molecular complexity index is 1170. The number of esters is 1. The number of rotatable bonds is 5. The van der Waals surface area contributed by atoms with E-state index in [4.69, 9.17) is 16.3 Å². The Labute approximate surface area is 190 Å². The van der Waals surface area contributed by atoms with Crippen molar-refractivity contribution in [2.75, 3.05) is 12.4 Å². The van der Waals surface area contributed by atoms with Gasteiger partial charge in [0.05, 0.1) is 7.11 Å². The zero-order chi connectivity index (χ0) is 21.8. The van der Waals surface area contributed by atoms with Gasteiger partial charge in [-0.05, 0) is 60.1 Å². The number of hydrogen-bond acceptors (Lipinski definition) is 4. The standard InChI is InChI=1S/C25H22ClNO3S/c1-30-25(29)23-20(19-11-10-16-6-2-3-8-18(16)14-19)15-31-24(23)27-22(28)13-12-17-7-4-5-9-21(17)26/h4-5,7,9-15H,2-3,6,8H2,1H3,(H,27,28)/b13-12+. The Morgan fingerprint density at radius 3 is 2.65 bits per heavy atom. The lowest BCUT2D eigenvalue weighted by atomic mass is 9.89. The molecule has 0 fully saturated rings. The lowest BCUT2D eigenvalue weighted by molar-refractivity contribution is -0.111. The Hall–Kier alpha value is -2.89. The number of hydrogen-bond donors (Lipinski definition) is 1. The molecule has 6 heteroatoms. The molecule has 1 N–H and O–H groups in total. The number of thiophene rings is 1. The molecule has 0 bridgehead atoms. The van der Waals surface area contributed by atoms with E-state index in [2.05, 4.69) is 17.4 Å². The fourth-order valence-corrected chi connectivity index (χ4v) is 4.96. The number of ether oxygens (including phenoxy) is 1. The molecule has 3 aromatic rings. The summed E-state index contributed by atoms with van der Waals surface area (Å²) in [5.41, 5.74) is 5.57. The molecule has 2 aromatic carbocycles. The number of anilines is 1. The number of halogens is 1. The van der Waals surface area contributed by atoms with Gasteiger partial charge in [-0.3, -0.25) is 4.79 Å². The fraction of sp³-hybridized carbons (Fsp3) is 0.200. The molecule has 31 heavy (non-hydrogen) atoms. The molecule has 1 heterocycles. The molecule has 158 valence electrons. The van der Waals surface area contributed by atoms with E-state index in [1.54, 1.807) is 12.1 Å². The summed E-state index contributed by atoms with van der Waals surface area (Å²) in [6, 6.07) is 13.6. The maximum atomic E-state index is 12.6. The highest BCUT2D eigenvalue weighted by Crippen LogP contribution is 2.37. The van der Waals surface area contributed by atoms with Crippen molar-refractivity contribution in [1.29, 1.82) is 0 Å². The zero-order valence-electron chi connectivity index (χ0n) is 17.1. The highest BCUT2D eigenvalue weighted by atomic mass is 35.5. The molecule has 4 rings (SSSR count). The van der Waals surface area contributed by atoms with Crippen LogP contribution in [0.25, 0.3) is 17.2 Å². The van der Waals surface area contributed by atoms with Crippen LogP contribution in [0.2, 0.25) is 5.02 Å². The number of methoxy groups -OCH3 is 1. The lowest BCUT2D eigenvalue weighted by Crippen LogP contribution is -2.11. The predicted molar refractivity (Wildman–Crippen MR) is 127 cm³/mol. The maximum absolute atomic E-state index is 12.6. The topological polar surface area (TPSA) is 55.4 Å². The van der Waals surface area contributed by atoms with Crippen molar-refractivity contribution in [3.05, 3.63) is 81.2 Å². The maximum Gasteiger partial charge on any atom is 0.341 e. The zero-order valence-corrected chi connectivity index (χ0v) is 18.7. The Kier molecular flexibility index (Phi) is 6.54. The minimum Gasteiger partial charge on any atom is -0.465 e. The average molecular weight is 452 g/mol. The summed E-state index contributed by atoms with van der Waals surface area (Å²) in [7, 11) is 1.35. The molecule has 1 aromatic heterocycles. The van der Waals surface area contributed by atoms with E-state index >= 15 is 0 Å². The molecule has 1 amide bonds. The third-order valence-corrected chi connectivity index (χ3v) is 6.64. The molecule has 0 saturated heterocycles. The van der Waals surface area contributed by atoms with Crippen LogP contribution in [0.1, 0.15) is 39.9 Å². The van der Waals surface area contributed by atoms with Gasteiger partial charge in [-0.25, -0.2) is 4.79 Å². The van der Waals surface area contributed by atoms with Crippen LogP contribution in [-0.2, 0) is 22.4 Å². The van der Waals surface area contributed by atoms with Crippen molar-refractivity contribution >= 4 is 45.9 Å². The molecule has 0 saturated carbocycles. The molecule has 1 aliphatic rings. The lowest BCUT2D eigenvalue weighted by Gasteiger charge is -2.16. The highest BCUT2D eigenvalue weighted by Gasteiger charge is 2.23. The second-order valence-electron chi connectivity index (χ2n) is 7.38. The first-order chi connectivity index (χ1) is 15.1. The van der Waals surface area contributed by atoms with Gasteiger partial charge in [0.15, 0.2) is 0 Å². The molecular weight excluding hydrogens is 430 g/mol. The van der Waals surface area contributed by atoms with Gasteiger partial charge in [0.2, 0.25) is 5.91 Å². The first kappa shape index (κ1) is 21.3.